The van der Waals surface area contributed by atoms with Crippen molar-refractivity contribution in [2.24, 2.45) is 0 Å². The molecule has 0 aliphatic carbocycles. The van der Waals surface area contributed by atoms with E-state index >= 15 is 0 Å². The number of fused-ring (bicyclic) bond motifs is 1. The van der Waals surface area contributed by atoms with Crippen molar-refractivity contribution in [3.8, 4) is 5.88 Å². The number of hydrogen-bond acceptors (Lipinski definition) is 5. The lowest BCUT2D eigenvalue weighted by Gasteiger charge is -2.19. The standard InChI is InChI=1S/C29H33F3N4O2.C2H6/c1-4-6-8-9-11-17-36-25(33-22(3)14-10-7-5-2)21-24(37)27-23(29(30,31)32)20-26(34-28(27)36)38-19-18-35-15-12-13-16-35;1-2/h4-11,14,17,20-21,33H,2,12-13,15-16,18-19H2,1,3H3;1-2H3/b6-4-,9-8-,10-7-,17-11+,22-14+;. The monoisotopic (exact) mass is 556 g/mol. The molecule has 9 heteroatoms. The van der Waals surface area contributed by atoms with Crippen LogP contribution in [0.15, 0.2) is 83.9 Å². The number of anilines is 1. The van der Waals surface area contributed by atoms with Crippen LogP contribution in [-0.2, 0) is 6.18 Å². The Labute approximate surface area is 234 Å². The molecule has 216 valence electrons. The van der Waals surface area contributed by atoms with E-state index in [0.29, 0.717) is 12.2 Å². The molecule has 3 heterocycles. The van der Waals surface area contributed by atoms with Crippen molar-refractivity contribution in [3.63, 3.8) is 0 Å². The summed E-state index contributed by atoms with van der Waals surface area (Å²) in [5.74, 6) is 0.0714. The molecule has 1 N–H and O–H groups in total. The number of pyridine rings is 2. The third kappa shape index (κ3) is 9.41. The zero-order valence-electron chi connectivity index (χ0n) is 23.7. The largest absolute Gasteiger partial charge is 0.476 e. The minimum absolute atomic E-state index is 0.156. The summed E-state index contributed by atoms with van der Waals surface area (Å²) in [6.07, 6.45) is 14.6. The predicted octanol–water partition coefficient (Wildman–Crippen LogP) is 7.58. The van der Waals surface area contributed by atoms with E-state index in [9.17, 15) is 18.0 Å². The number of allylic oxidation sites excluding steroid dienone is 10. The predicted molar refractivity (Wildman–Crippen MR) is 160 cm³/mol. The van der Waals surface area contributed by atoms with E-state index in [1.54, 1.807) is 55.7 Å². The molecule has 2 aromatic rings. The molecule has 2 aromatic heterocycles. The third-order valence-corrected chi connectivity index (χ3v) is 5.82. The highest BCUT2D eigenvalue weighted by Gasteiger charge is 2.35. The molecular formula is C31H39F3N4O2. The number of likely N-dealkylation sites (tertiary alicyclic amines) is 1. The minimum atomic E-state index is -4.78. The van der Waals surface area contributed by atoms with Crippen molar-refractivity contribution >= 4 is 23.1 Å². The van der Waals surface area contributed by atoms with Crippen LogP contribution >= 0.6 is 0 Å². The Morgan fingerprint density at radius 3 is 2.45 bits per heavy atom. The van der Waals surface area contributed by atoms with Crippen molar-refractivity contribution in [1.29, 1.82) is 0 Å². The van der Waals surface area contributed by atoms with Gasteiger partial charge in [-0.2, -0.15) is 18.2 Å². The molecule has 0 aromatic carbocycles. The van der Waals surface area contributed by atoms with Crippen LogP contribution in [0.1, 0.15) is 46.1 Å². The van der Waals surface area contributed by atoms with Gasteiger partial charge in [-0.25, -0.2) is 0 Å². The van der Waals surface area contributed by atoms with Crippen LogP contribution in [-0.4, -0.2) is 40.7 Å². The first kappa shape index (κ1) is 32.4. The molecule has 3 rings (SSSR count). The van der Waals surface area contributed by atoms with Gasteiger partial charge in [0.1, 0.15) is 12.4 Å². The fraction of sp³-hybridized carbons (Fsp3) is 0.355. The van der Waals surface area contributed by atoms with Gasteiger partial charge < -0.3 is 10.1 Å². The maximum absolute atomic E-state index is 14.1. The smallest absolute Gasteiger partial charge is 0.417 e. The summed E-state index contributed by atoms with van der Waals surface area (Å²) in [6, 6.07) is 1.95. The van der Waals surface area contributed by atoms with E-state index in [1.807, 2.05) is 32.9 Å². The first-order chi connectivity index (χ1) is 19.2. The number of ether oxygens (including phenoxy) is 1. The second kappa shape index (κ2) is 16.3. The van der Waals surface area contributed by atoms with Gasteiger partial charge >= 0.3 is 6.18 Å². The summed E-state index contributed by atoms with van der Waals surface area (Å²) in [4.78, 5) is 19.6. The summed E-state index contributed by atoms with van der Waals surface area (Å²) in [5, 5.41) is 2.57. The fourth-order valence-electron chi connectivity index (χ4n) is 4.03. The zero-order valence-corrected chi connectivity index (χ0v) is 23.7. The van der Waals surface area contributed by atoms with Crippen LogP contribution in [0.4, 0.5) is 19.0 Å². The lowest BCUT2D eigenvalue weighted by Crippen LogP contribution is -2.25. The summed E-state index contributed by atoms with van der Waals surface area (Å²) in [5.41, 5.74) is -1.38. The Balaban J connectivity index is 0.00000274. The van der Waals surface area contributed by atoms with E-state index in [-0.39, 0.29) is 24.0 Å². The average Bonchev–Trinajstić information content (AvgIpc) is 3.44. The van der Waals surface area contributed by atoms with Crippen LogP contribution in [0, 0.1) is 0 Å². The van der Waals surface area contributed by atoms with Crippen LogP contribution in [0.2, 0.25) is 0 Å². The number of rotatable bonds is 11. The Hall–Kier alpha value is -3.85. The van der Waals surface area contributed by atoms with E-state index in [0.717, 1.165) is 38.1 Å². The van der Waals surface area contributed by atoms with Crippen LogP contribution in [0.5, 0.6) is 5.88 Å². The second-order valence-corrected chi connectivity index (χ2v) is 8.71. The Bertz CT molecular complexity index is 1330. The van der Waals surface area contributed by atoms with E-state index < -0.39 is 22.6 Å². The highest BCUT2D eigenvalue weighted by atomic mass is 19.4. The van der Waals surface area contributed by atoms with Gasteiger partial charge in [-0.3, -0.25) is 14.3 Å². The van der Waals surface area contributed by atoms with Crippen molar-refractivity contribution in [3.05, 3.63) is 94.9 Å². The molecule has 1 aliphatic heterocycles. The van der Waals surface area contributed by atoms with Gasteiger partial charge in [0.2, 0.25) is 5.88 Å². The number of halogens is 3. The van der Waals surface area contributed by atoms with E-state index in [2.05, 4.69) is 21.8 Å². The molecule has 0 saturated carbocycles. The number of aromatic nitrogens is 2. The number of alkyl halides is 3. The molecule has 1 aliphatic rings. The molecule has 0 atom stereocenters. The fourth-order valence-corrected chi connectivity index (χ4v) is 4.03. The lowest BCUT2D eigenvalue weighted by atomic mass is 10.1. The Morgan fingerprint density at radius 2 is 1.80 bits per heavy atom. The maximum Gasteiger partial charge on any atom is 0.417 e. The van der Waals surface area contributed by atoms with Gasteiger partial charge in [0.25, 0.3) is 0 Å². The maximum atomic E-state index is 14.1. The number of nitrogens with one attached hydrogen (secondary N) is 1. The van der Waals surface area contributed by atoms with Crippen LogP contribution in [0.3, 0.4) is 0 Å². The van der Waals surface area contributed by atoms with Gasteiger partial charge in [0, 0.05) is 30.6 Å². The van der Waals surface area contributed by atoms with Crippen molar-refractivity contribution in [2.75, 3.05) is 31.6 Å². The molecule has 1 fully saturated rings. The van der Waals surface area contributed by atoms with Gasteiger partial charge in [0.05, 0.1) is 10.9 Å². The Morgan fingerprint density at radius 1 is 1.10 bits per heavy atom. The molecule has 0 spiro atoms. The second-order valence-electron chi connectivity index (χ2n) is 8.71. The quantitative estimate of drug-likeness (QED) is 0.289. The van der Waals surface area contributed by atoms with Gasteiger partial charge in [-0.1, -0.05) is 63.0 Å². The Kier molecular flexibility index (Phi) is 13.2. The van der Waals surface area contributed by atoms with Gasteiger partial charge in [-0.15, -0.1) is 0 Å². The van der Waals surface area contributed by atoms with Crippen LogP contribution in [0.25, 0.3) is 17.2 Å². The average molecular weight is 557 g/mol. The first-order valence-corrected chi connectivity index (χ1v) is 13.5. The van der Waals surface area contributed by atoms with E-state index in [1.165, 1.54) is 4.57 Å². The first-order valence-electron chi connectivity index (χ1n) is 13.5. The highest BCUT2D eigenvalue weighted by molar-refractivity contribution is 5.84. The molecule has 6 nitrogen and oxygen atoms in total. The lowest BCUT2D eigenvalue weighted by molar-refractivity contribution is -0.136. The SMILES string of the molecule is C=C/C=C\C=C(/C)Nc1cc(=O)c2c(C(F)(F)F)cc(OCCN3CCCC3)nc2n1/C=C/C=C\C=C/C.CC. The van der Waals surface area contributed by atoms with E-state index in [4.69, 9.17) is 4.74 Å². The van der Waals surface area contributed by atoms with Crippen LogP contribution < -0.4 is 15.5 Å². The third-order valence-electron chi connectivity index (χ3n) is 5.82. The molecule has 0 unspecified atom stereocenters. The topological polar surface area (TPSA) is 59.4 Å². The molecular weight excluding hydrogens is 517 g/mol. The molecule has 0 amide bonds. The van der Waals surface area contributed by atoms with Gasteiger partial charge in [-0.05, 0) is 51.9 Å². The summed E-state index contributed by atoms with van der Waals surface area (Å²) < 4.78 is 49.5. The van der Waals surface area contributed by atoms with Crippen molar-refractivity contribution in [2.45, 2.75) is 46.7 Å². The van der Waals surface area contributed by atoms with Crippen molar-refractivity contribution in [1.82, 2.24) is 14.5 Å². The van der Waals surface area contributed by atoms with Gasteiger partial charge in [0.15, 0.2) is 11.1 Å². The molecule has 0 bridgehead atoms. The summed E-state index contributed by atoms with van der Waals surface area (Å²) in [7, 11) is 0. The molecule has 1 saturated heterocycles. The number of nitrogens with zero attached hydrogens (tertiary/aromatic N) is 3. The summed E-state index contributed by atoms with van der Waals surface area (Å²) in [6.45, 7) is 13.9. The number of hydrogen-bond donors (Lipinski definition) is 1. The zero-order chi connectivity index (χ0) is 29.5. The molecule has 0 radical (unpaired) electrons. The molecule has 40 heavy (non-hydrogen) atoms. The highest BCUT2D eigenvalue weighted by Crippen LogP contribution is 2.36. The van der Waals surface area contributed by atoms with Crippen molar-refractivity contribution < 1.29 is 17.9 Å². The summed E-state index contributed by atoms with van der Waals surface area (Å²) >= 11 is 0. The minimum Gasteiger partial charge on any atom is -0.476 e. The normalized spacial score (nSPS) is 15.0.